The van der Waals surface area contributed by atoms with Gasteiger partial charge in [-0.05, 0) is 49.4 Å². The third kappa shape index (κ3) is 63.5. The second-order valence-corrected chi connectivity index (χ2v) is 30.2. The van der Waals surface area contributed by atoms with Crippen LogP contribution in [-0.2, 0) is 65.4 Å². The molecule has 0 spiro atoms. The summed E-state index contributed by atoms with van der Waals surface area (Å²) in [7, 11) is -9.90. The molecule has 0 aromatic heterocycles. The van der Waals surface area contributed by atoms with Crippen molar-refractivity contribution in [3.63, 3.8) is 0 Å². The average Bonchev–Trinajstić information content (AvgIpc) is 3.69. The molecule has 0 aromatic rings. The highest BCUT2D eigenvalue weighted by Crippen LogP contribution is 2.45. The van der Waals surface area contributed by atoms with Gasteiger partial charge in [-0.25, -0.2) is 9.13 Å². The molecule has 0 amide bonds. The van der Waals surface area contributed by atoms with Gasteiger partial charge in [-0.15, -0.1) is 0 Å². The van der Waals surface area contributed by atoms with Gasteiger partial charge < -0.3 is 33.8 Å². The number of phosphoric ester groups is 2. The lowest BCUT2D eigenvalue weighted by Crippen LogP contribution is -2.30. The Balaban J connectivity index is 5.26. The van der Waals surface area contributed by atoms with Crippen molar-refractivity contribution in [2.75, 3.05) is 39.6 Å². The van der Waals surface area contributed by atoms with Crippen molar-refractivity contribution >= 4 is 39.5 Å². The van der Waals surface area contributed by atoms with Gasteiger partial charge in [0.25, 0.3) is 0 Å². The molecule has 90 heavy (non-hydrogen) atoms. The number of aliphatic hydroxyl groups is 1. The Morgan fingerprint density at radius 1 is 0.311 bits per heavy atom. The van der Waals surface area contributed by atoms with E-state index in [1.54, 1.807) is 0 Å². The molecular weight excluding hydrogens is 1190 g/mol. The number of unbranched alkanes of at least 4 members (excludes halogenated alkanes) is 33. The molecule has 3 unspecified atom stereocenters. The van der Waals surface area contributed by atoms with Gasteiger partial charge in [0.2, 0.25) is 0 Å². The normalized spacial score (nSPS) is 14.6. The molecule has 0 radical (unpaired) electrons. The van der Waals surface area contributed by atoms with Gasteiger partial charge in [0.1, 0.15) is 19.3 Å². The number of hydrogen-bond donors (Lipinski definition) is 3. The third-order valence-electron chi connectivity index (χ3n) is 16.7. The minimum Gasteiger partial charge on any atom is -0.462 e. The highest BCUT2D eigenvalue weighted by molar-refractivity contribution is 7.47. The molecule has 0 bridgehead atoms. The van der Waals surface area contributed by atoms with Crippen LogP contribution in [0.4, 0.5) is 0 Å². The molecule has 0 saturated heterocycles. The number of carbonyl (C=O) groups is 4. The van der Waals surface area contributed by atoms with Gasteiger partial charge in [0.15, 0.2) is 12.2 Å². The fourth-order valence-electron chi connectivity index (χ4n) is 10.6. The minimum atomic E-state index is -4.95. The van der Waals surface area contributed by atoms with Crippen LogP contribution in [0.2, 0.25) is 0 Å². The van der Waals surface area contributed by atoms with Crippen molar-refractivity contribution in [2.45, 2.75) is 369 Å². The molecule has 6 atom stereocenters. The van der Waals surface area contributed by atoms with Crippen LogP contribution in [0.3, 0.4) is 0 Å². The summed E-state index contributed by atoms with van der Waals surface area (Å²) in [5, 5.41) is 10.6. The predicted octanol–water partition coefficient (Wildman–Crippen LogP) is 20.1. The van der Waals surface area contributed by atoms with Gasteiger partial charge in [-0.1, -0.05) is 299 Å². The zero-order valence-electron chi connectivity index (χ0n) is 58.8. The van der Waals surface area contributed by atoms with E-state index in [2.05, 4.69) is 55.4 Å². The third-order valence-corrected chi connectivity index (χ3v) is 18.6. The first-order valence-electron chi connectivity index (χ1n) is 36.7. The van der Waals surface area contributed by atoms with Crippen LogP contribution >= 0.6 is 15.6 Å². The first-order chi connectivity index (χ1) is 43.1. The summed E-state index contributed by atoms with van der Waals surface area (Å²) < 4.78 is 68.3. The van der Waals surface area contributed by atoms with Crippen molar-refractivity contribution < 1.29 is 80.2 Å². The Morgan fingerprint density at radius 2 is 0.533 bits per heavy atom. The highest BCUT2D eigenvalue weighted by atomic mass is 31.2. The molecule has 17 nitrogen and oxygen atoms in total. The summed E-state index contributed by atoms with van der Waals surface area (Å²) in [6, 6.07) is 0. The summed E-state index contributed by atoms with van der Waals surface area (Å²) >= 11 is 0. The highest BCUT2D eigenvalue weighted by Gasteiger charge is 2.30. The molecule has 0 rings (SSSR count). The zero-order valence-corrected chi connectivity index (χ0v) is 60.6. The zero-order chi connectivity index (χ0) is 66.8. The molecule has 0 aliphatic rings. The van der Waals surface area contributed by atoms with Gasteiger partial charge in [-0.3, -0.25) is 37.3 Å². The summed E-state index contributed by atoms with van der Waals surface area (Å²) in [6.07, 6.45) is 43.1. The number of esters is 4. The van der Waals surface area contributed by atoms with Crippen molar-refractivity contribution in [3.05, 3.63) is 0 Å². The van der Waals surface area contributed by atoms with E-state index in [0.717, 1.165) is 114 Å². The maximum absolute atomic E-state index is 13.0. The van der Waals surface area contributed by atoms with E-state index < -0.39 is 97.5 Å². The topological polar surface area (TPSA) is 237 Å². The van der Waals surface area contributed by atoms with Gasteiger partial charge >= 0.3 is 39.5 Å². The van der Waals surface area contributed by atoms with E-state index in [0.29, 0.717) is 31.6 Å². The number of hydrogen-bond acceptors (Lipinski definition) is 15. The molecule has 0 heterocycles. The largest absolute Gasteiger partial charge is 0.472 e. The summed E-state index contributed by atoms with van der Waals surface area (Å²) in [5.74, 6) is 0.877. The number of ether oxygens (including phenoxy) is 4. The van der Waals surface area contributed by atoms with Gasteiger partial charge in [0.05, 0.1) is 26.4 Å². The molecule has 0 aromatic carbocycles. The maximum atomic E-state index is 13.0. The molecule has 0 fully saturated rings. The lowest BCUT2D eigenvalue weighted by atomic mass is 9.99. The number of rotatable bonds is 68. The summed E-state index contributed by atoms with van der Waals surface area (Å²) in [6.45, 7) is 14.1. The first kappa shape index (κ1) is 88.1. The van der Waals surface area contributed by atoms with Crippen LogP contribution < -0.4 is 0 Å². The van der Waals surface area contributed by atoms with Crippen LogP contribution in [0.25, 0.3) is 0 Å². The average molecular weight is 1330 g/mol. The fraction of sp³-hybridized carbons (Fsp3) is 0.944. The number of phosphoric acid groups is 2. The van der Waals surface area contributed by atoms with E-state index in [9.17, 15) is 43.2 Å². The lowest BCUT2D eigenvalue weighted by molar-refractivity contribution is -0.161. The Hall–Kier alpha value is -1.94. The Morgan fingerprint density at radius 3 is 0.789 bits per heavy atom. The first-order valence-corrected chi connectivity index (χ1v) is 39.7. The number of aliphatic hydroxyl groups excluding tert-OH is 1. The second kappa shape index (κ2) is 60.7. The van der Waals surface area contributed by atoms with Crippen molar-refractivity contribution in [1.82, 2.24) is 0 Å². The maximum Gasteiger partial charge on any atom is 0.472 e. The molecular formula is C71H138O17P2. The van der Waals surface area contributed by atoms with E-state index in [4.69, 9.17) is 37.0 Å². The van der Waals surface area contributed by atoms with E-state index >= 15 is 0 Å². The fourth-order valence-corrected chi connectivity index (χ4v) is 12.2. The van der Waals surface area contributed by atoms with Crippen LogP contribution in [0, 0.1) is 23.7 Å². The Labute approximate surface area is 549 Å². The Kier molecular flexibility index (Phi) is 59.4. The second-order valence-electron chi connectivity index (χ2n) is 27.3. The number of carbonyl (C=O) groups excluding carboxylic acids is 4. The molecule has 19 heteroatoms. The van der Waals surface area contributed by atoms with Crippen LogP contribution in [0.15, 0.2) is 0 Å². The van der Waals surface area contributed by atoms with Crippen molar-refractivity contribution in [3.8, 4) is 0 Å². The van der Waals surface area contributed by atoms with Crippen LogP contribution in [-0.4, -0.2) is 96.7 Å². The minimum absolute atomic E-state index is 0.104. The molecule has 0 aliphatic heterocycles. The lowest BCUT2D eigenvalue weighted by Gasteiger charge is -2.21. The van der Waals surface area contributed by atoms with Crippen molar-refractivity contribution in [1.29, 1.82) is 0 Å². The molecule has 534 valence electrons. The summed E-state index contributed by atoms with van der Waals surface area (Å²) in [5.41, 5.74) is 0. The van der Waals surface area contributed by atoms with Crippen molar-refractivity contribution in [2.24, 2.45) is 23.7 Å². The quantitative estimate of drug-likeness (QED) is 0.0222. The monoisotopic (exact) mass is 1320 g/mol. The van der Waals surface area contributed by atoms with Gasteiger partial charge in [0, 0.05) is 25.7 Å². The standard InChI is InChI=1S/C71H138O17P2/c1-9-64(8)50-42-34-25-19-14-16-20-26-35-43-51-68(73)81-57-66(87-70(75)53-45-37-27-21-12-10-11-17-23-31-39-47-61(2)3)59-85-89(77,78)83-55-65(72)56-84-90(79,80)86-60-67(58-82-69(74)52-44-36-30-29-33-41-49-63(6)7)88-71(76)54-46-38-28-22-15-13-18-24-32-40-48-62(4)5/h61-67,72H,9-60H2,1-8H3,(H,77,78)(H,79,80)/t64?,65-,66-,67-/m1/s1. The molecule has 3 N–H and O–H groups in total. The van der Waals surface area contributed by atoms with Gasteiger partial charge in [-0.2, -0.15) is 0 Å². The molecule has 0 saturated carbocycles. The smallest absolute Gasteiger partial charge is 0.462 e. The van der Waals surface area contributed by atoms with E-state index in [-0.39, 0.29) is 25.7 Å². The van der Waals surface area contributed by atoms with Crippen LogP contribution in [0.1, 0.15) is 351 Å². The Bertz CT molecular complexity index is 1780. The predicted molar refractivity (Wildman–Crippen MR) is 363 cm³/mol. The SMILES string of the molecule is CCC(C)CCCCCCCCCCCCC(=O)OC[C@H](COP(=O)(O)OC[C@@H](O)COP(=O)(O)OC[C@@H](COC(=O)CCCCCCCCC(C)C)OC(=O)CCCCCCCCCCCCC(C)C)OC(=O)CCCCCCCCCCCCCC(C)C. The van der Waals surface area contributed by atoms with Crippen LogP contribution in [0.5, 0.6) is 0 Å². The van der Waals surface area contributed by atoms with E-state index in [1.807, 2.05) is 0 Å². The van der Waals surface area contributed by atoms with E-state index in [1.165, 1.54) is 148 Å². The molecule has 0 aliphatic carbocycles. The summed E-state index contributed by atoms with van der Waals surface area (Å²) in [4.78, 5) is 72.6.